The Morgan fingerprint density at radius 1 is 0.900 bits per heavy atom. The van der Waals surface area contributed by atoms with Gasteiger partial charge in [-0.05, 0) is 42.3 Å². The Hall–Kier alpha value is -3.06. The number of anilines is 1. The van der Waals surface area contributed by atoms with Crippen LogP contribution in [0.5, 0.6) is 0 Å². The number of thioether (sulfide) groups is 1. The first-order chi connectivity index (χ1) is 14.4. The molecule has 0 radical (unpaired) electrons. The van der Waals surface area contributed by atoms with Gasteiger partial charge in [0.1, 0.15) is 0 Å². The number of nitrogens with zero attached hydrogens (tertiary/aromatic N) is 2. The molecule has 1 atom stereocenters. The van der Waals surface area contributed by atoms with Crippen molar-refractivity contribution < 1.29 is 18.0 Å². The van der Waals surface area contributed by atoms with E-state index >= 15 is 0 Å². The van der Waals surface area contributed by atoms with E-state index in [0.717, 1.165) is 12.1 Å². The molecule has 1 fully saturated rings. The number of carbonyl (C=O) groups is 1. The summed E-state index contributed by atoms with van der Waals surface area (Å²) in [6, 6.07) is 23.5. The van der Waals surface area contributed by atoms with Crippen LogP contribution in [0.25, 0.3) is 0 Å². The monoisotopic (exact) mass is 426 g/mol. The van der Waals surface area contributed by atoms with E-state index in [2.05, 4.69) is 4.99 Å². The Labute approximate surface area is 176 Å². The van der Waals surface area contributed by atoms with E-state index in [4.69, 9.17) is 0 Å². The van der Waals surface area contributed by atoms with E-state index in [1.54, 1.807) is 6.07 Å². The molecule has 1 aliphatic heterocycles. The zero-order valence-corrected chi connectivity index (χ0v) is 16.5. The van der Waals surface area contributed by atoms with Crippen LogP contribution in [0.2, 0.25) is 0 Å². The molecule has 152 valence electrons. The average Bonchev–Trinajstić information content (AvgIpc) is 3.03. The molecule has 0 bridgehead atoms. The van der Waals surface area contributed by atoms with E-state index < -0.39 is 17.0 Å². The third-order valence-electron chi connectivity index (χ3n) is 4.61. The van der Waals surface area contributed by atoms with E-state index in [1.165, 1.54) is 22.7 Å². The van der Waals surface area contributed by atoms with Gasteiger partial charge in [0.05, 0.1) is 22.2 Å². The smallest absolute Gasteiger partial charge is 0.273 e. The average molecular weight is 426 g/mol. The summed E-state index contributed by atoms with van der Waals surface area (Å²) in [5.74, 6) is -0.196. The molecule has 3 aromatic rings. The summed E-state index contributed by atoms with van der Waals surface area (Å²) in [6.45, 7) is 0. The lowest BCUT2D eigenvalue weighted by Gasteiger charge is -2.16. The summed E-state index contributed by atoms with van der Waals surface area (Å²) < 4.78 is 39.1. The van der Waals surface area contributed by atoms with Crippen molar-refractivity contribution in [1.82, 2.24) is 0 Å². The van der Waals surface area contributed by atoms with Gasteiger partial charge in [0.2, 0.25) is 5.91 Å². The van der Waals surface area contributed by atoms with Crippen LogP contribution in [0.1, 0.15) is 11.1 Å². The van der Waals surface area contributed by atoms with Gasteiger partial charge in [0.15, 0.2) is 5.17 Å². The van der Waals surface area contributed by atoms with Crippen molar-refractivity contribution in [3.63, 3.8) is 0 Å². The van der Waals surface area contributed by atoms with Crippen LogP contribution >= 0.6 is 11.8 Å². The molecular weight excluding hydrogens is 409 g/mol. The number of hydrogen-bond donors (Lipinski definition) is 0. The van der Waals surface area contributed by atoms with Crippen molar-refractivity contribution >= 4 is 34.2 Å². The predicted octanol–water partition coefficient (Wildman–Crippen LogP) is 6.08. The Kier molecular flexibility index (Phi) is 5.63. The molecule has 3 aromatic carbocycles. The summed E-state index contributed by atoms with van der Waals surface area (Å²) in [6.07, 6.45) is -4.23. The number of rotatable bonds is 4. The summed E-state index contributed by atoms with van der Waals surface area (Å²) in [7, 11) is 0. The molecular formula is C23H17F3N2OS. The second-order valence-corrected chi connectivity index (χ2v) is 7.92. The minimum absolute atomic E-state index is 0.185. The van der Waals surface area contributed by atoms with Crippen LogP contribution in [-0.2, 0) is 17.4 Å². The zero-order chi connectivity index (χ0) is 21.1. The number of hydrogen-bond acceptors (Lipinski definition) is 3. The normalized spacial score (nSPS) is 18.2. The number of alkyl halides is 3. The van der Waals surface area contributed by atoms with Gasteiger partial charge < -0.3 is 0 Å². The van der Waals surface area contributed by atoms with Crippen LogP contribution in [0.4, 0.5) is 24.5 Å². The first kappa shape index (κ1) is 20.2. The first-order valence-corrected chi connectivity index (χ1v) is 10.2. The van der Waals surface area contributed by atoms with Crippen molar-refractivity contribution in [3.05, 3.63) is 96.1 Å². The SMILES string of the molecule is O=C1C(Cc2cccc(C(F)(F)F)c2)SC(=Nc2ccccc2)N1c1ccccc1. The fourth-order valence-corrected chi connectivity index (χ4v) is 4.39. The summed E-state index contributed by atoms with van der Waals surface area (Å²) in [5.41, 5.74) is 1.13. The molecule has 1 saturated heterocycles. The van der Waals surface area contributed by atoms with E-state index in [-0.39, 0.29) is 12.3 Å². The predicted molar refractivity (Wildman–Crippen MR) is 114 cm³/mol. The lowest BCUT2D eigenvalue weighted by Crippen LogP contribution is -2.32. The summed E-state index contributed by atoms with van der Waals surface area (Å²) in [4.78, 5) is 19.4. The second-order valence-electron chi connectivity index (χ2n) is 6.75. The standard InChI is InChI=1S/C23H17F3N2OS/c24-23(25,26)17-9-7-8-16(14-17)15-20-21(29)28(19-12-5-2-6-13-19)22(30-20)27-18-10-3-1-4-11-18/h1-14,20H,15H2. The molecule has 0 N–H and O–H groups in total. The maximum absolute atomic E-state index is 13.2. The van der Waals surface area contributed by atoms with Crippen molar-refractivity contribution in [3.8, 4) is 0 Å². The van der Waals surface area contributed by atoms with E-state index in [1.807, 2.05) is 60.7 Å². The van der Waals surface area contributed by atoms with Gasteiger partial charge in [-0.25, -0.2) is 4.99 Å². The van der Waals surface area contributed by atoms with Crippen LogP contribution in [0, 0.1) is 0 Å². The van der Waals surface area contributed by atoms with Crippen molar-refractivity contribution in [2.45, 2.75) is 17.8 Å². The van der Waals surface area contributed by atoms with E-state index in [0.29, 0.717) is 22.1 Å². The molecule has 1 heterocycles. The molecule has 3 nitrogen and oxygen atoms in total. The number of amides is 1. The zero-order valence-electron chi connectivity index (χ0n) is 15.7. The van der Waals surface area contributed by atoms with Gasteiger partial charge in [-0.3, -0.25) is 9.69 Å². The number of amidine groups is 1. The number of aliphatic imine (C=N–C) groups is 1. The van der Waals surface area contributed by atoms with Crippen LogP contribution in [0.15, 0.2) is 89.9 Å². The first-order valence-electron chi connectivity index (χ1n) is 9.27. The highest BCUT2D eigenvalue weighted by molar-refractivity contribution is 8.16. The lowest BCUT2D eigenvalue weighted by atomic mass is 10.1. The van der Waals surface area contributed by atoms with Gasteiger partial charge in [0.25, 0.3) is 0 Å². The van der Waals surface area contributed by atoms with Gasteiger partial charge >= 0.3 is 6.18 Å². The Morgan fingerprint density at radius 3 is 2.23 bits per heavy atom. The van der Waals surface area contributed by atoms with E-state index in [9.17, 15) is 18.0 Å². The highest BCUT2D eigenvalue weighted by Crippen LogP contribution is 2.36. The molecule has 0 aromatic heterocycles. The van der Waals surface area contributed by atoms with Crippen molar-refractivity contribution in [1.29, 1.82) is 0 Å². The largest absolute Gasteiger partial charge is 0.416 e. The minimum Gasteiger partial charge on any atom is -0.273 e. The van der Waals surface area contributed by atoms with Crippen LogP contribution in [0.3, 0.4) is 0 Å². The third-order valence-corrected chi connectivity index (χ3v) is 5.74. The van der Waals surface area contributed by atoms with Crippen molar-refractivity contribution in [2.24, 2.45) is 4.99 Å². The molecule has 0 saturated carbocycles. The van der Waals surface area contributed by atoms with Gasteiger partial charge in [0, 0.05) is 0 Å². The molecule has 1 aliphatic rings. The summed E-state index contributed by atoms with van der Waals surface area (Å²) in [5, 5.41) is -0.0504. The maximum Gasteiger partial charge on any atom is 0.416 e. The van der Waals surface area contributed by atoms with Gasteiger partial charge in [-0.1, -0.05) is 66.4 Å². The molecule has 0 aliphatic carbocycles. The molecule has 4 rings (SSSR count). The fourth-order valence-electron chi connectivity index (χ4n) is 3.19. The number of carbonyl (C=O) groups excluding carboxylic acids is 1. The summed E-state index contributed by atoms with van der Waals surface area (Å²) >= 11 is 1.27. The van der Waals surface area contributed by atoms with Gasteiger partial charge in [-0.15, -0.1) is 0 Å². The number of para-hydroxylation sites is 2. The molecule has 0 spiro atoms. The number of benzene rings is 3. The highest BCUT2D eigenvalue weighted by atomic mass is 32.2. The second kappa shape index (κ2) is 8.36. The molecule has 30 heavy (non-hydrogen) atoms. The highest BCUT2D eigenvalue weighted by Gasteiger charge is 2.39. The Balaban J connectivity index is 1.66. The molecule has 1 amide bonds. The Bertz CT molecular complexity index is 1070. The number of halogens is 3. The molecule has 7 heteroatoms. The van der Waals surface area contributed by atoms with Gasteiger partial charge in [-0.2, -0.15) is 13.2 Å². The van der Waals surface area contributed by atoms with Crippen LogP contribution < -0.4 is 4.90 Å². The fraction of sp³-hybridized carbons (Fsp3) is 0.130. The maximum atomic E-state index is 13.2. The lowest BCUT2D eigenvalue weighted by molar-refractivity contribution is -0.137. The Morgan fingerprint density at radius 2 is 1.57 bits per heavy atom. The minimum atomic E-state index is -4.42. The molecule has 1 unspecified atom stereocenters. The van der Waals surface area contributed by atoms with Crippen molar-refractivity contribution in [2.75, 3.05) is 4.90 Å². The van der Waals surface area contributed by atoms with Crippen LogP contribution in [-0.4, -0.2) is 16.3 Å². The quantitative estimate of drug-likeness (QED) is 0.506. The third kappa shape index (κ3) is 4.41. The topological polar surface area (TPSA) is 32.7 Å².